The van der Waals surface area contributed by atoms with Crippen molar-refractivity contribution >= 4 is 11.8 Å². The highest BCUT2D eigenvalue weighted by molar-refractivity contribution is 5.85. The van der Waals surface area contributed by atoms with Gasteiger partial charge in [-0.2, -0.15) is 0 Å². The zero-order valence-electron chi connectivity index (χ0n) is 16.9. The van der Waals surface area contributed by atoms with Crippen LogP contribution in [-0.2, 0) is 16.0 Å². The number of carbonyl (C=O) groups excluding carboxylic acids is 2. The number of likely N-dealkylation sites (tertiary alicyclic amines) is 1. The van der Waals surface area contributed by atoms with E-state index in [1.54, 1.807) is 7.11 Å². The van der Waals surface area contributed by atoms with E-state index in [0.29, 0.717) is 25.9 Å². The lowest BCUT2D eigenvalue weighted by Gasteiger charge is -2.31. The first-order chi connectivity index (χ1) is 14.0. The van der Waals surface area contributed by atoms with Gasteiger partial charge in [-0.1, -0.05) is 48.9 Å². The predicted octanol–water partition coefficient (Wildman–Crippen LogP) is 3.41. The molecule has 29 heavy (non-hydrogen) atoms. The van der Waals surface area contributed by atoms with Gasteiger partial charge in [0.2, 0.25) is 11.8 Å². The van der Waals surface area contributed by atoms with Crippen molar-refractivity contribution in [3.05, 3.63) is 54.1 Å². The Kier molecular flexibility index (Phi) is 5.31. The average molecular weight is 392 g/mol. The van der Waals surface area contributed by atoms with Crippen molar-refractivity contribution in [2.75, 3.05) is 20.2 Å². The van der Waals surface area contributed by atoms with Crippen molar-refractivity contribution in [3.63, 3.8) is 0 Å². The number of nitrogens with two attached hydrogens (primary N) is 1. The zero-order valence-corrected chi connectivity index (χ0v) is 16.9. The third-order valence-corrected chi connectivity index (χ3v) is 6.56. The van der Waals surface area contributed by atoms with Gasteiger partial charge in [0.15, 0.2) is 0 Å². The fourth-order valence-corrected chi connectivity index (χ4v) is 4.48. The summed E-state index contributed by atoms with van der Waals surface area (Å²) in [5.41, 5.74) is 8.31. The second-order valence-corrected chi connectivity index (χ2v) is 8.36. The van der Waals surface area contributed by atoms with E-state index < -0.39 is 5.41 Å². The van der Waals surface area contributed by atoms with Gasteiger partial charge in [0.25, 0.3) is 0 Å². The zero-order chi connectivity index (χ0) is 20.4. The number of hydrogen-bond acceptors (Lipinski definition) is 3. The van der Waals surface area contributed by atoms with Crippen LogP contribution in [0, 0.1) is 11.3 Å². The van der Waals surface area contributed by atoms with Crippen LogP contribution >= 0.6 is 0 Å². The molecule has 4 rings (SSSR count). The third kappa shape index (κ3) is 3.74. The summed E-state index contributed by atoms with van der Waals surface area (Å²) in [6, 6.07) is 16.1. The summed E-state index contributed by atoms with van der Waals surface area (Å²) in [5.74, 6) is 0.870. The molecule has 1 saturated heterocycles. The van der Waals surface area contributed by atoms with Crippen LogP contribution in [0.5, 0.6) is 5.75 Å². The molecule has 2 aromatic carbocycles. The van der Waals surface area contributed by atoms with Crippen LogP contribution in [-0.4, -0.2) is 36.9 Å². The number of methoxy groups -OCH3 is 1. The molecule has 1 aliphatic carbocycles. The summed E-state index contributed by atoms with van der Waals surface area (Å²) in [7, 11) is 1.67. The molecule has 2 aliphatic rings. The fourth-order valence-electron chi connectivity index (χ4n) is 4.48. The molecule has 0 bridgehead atoms. The molecular weight excluding hydrogens is 364 g/mol. The third-order valence-electron chi connectivity index (χ3n) is 6.56. The Balaban J connectivity index is 1.51. The number of benzene rings is 2. The maximum atomic E-state index is 12.6. The number of amides is 2. The van der Waals surface area contributed by atoms with E-state index in [1.165, 1.54) is 0 Å². The molecule has 5 heteroatoms. The monoisotopic (exact) mass is 392 g/mol. The van der Waals surface area contributed by atoms with Crippen molar-refractivity contribution < 1.29 is 14.3 Å². The number of rotatable bonds is 6. The Morgan fingerprint density at radius 3 is 2.48 bits per heavy atom. The standard InChI is InChI=1S/C24H28N2O3/c1-29-21-8-3-2-7-20(21)18-11-9-17(10-12-18)15-24(23(25)28)13-14-26(16-24)22(27)19-5-4-6-19/h2-3,7-12,19H,4-6,13-16H2,1H3,(H2,25,28)/t24-/m1/s1. The highest BCUT2D eigenvalue weighted by Gasteiger charge is 2.46. The smallest absolute Gasteiger partial charge is 0.225 e. The molecule has 0 unspecified atom stereocenters. The van der Waals surface area contributed by atoms with E-state index in [1.807, 2.05) is 53.4 Å². The number of primary amides is 1. The molecule has 2 fully saturated rings. The molecule has 2 amide bonds. The summed E-state index contributed by atoms with van der Waals surface area (Å²) in [6.07, 6.45) is 4.27. The molecule has 1 saturated carbocycles. The van der Waals surface area contributed by atoms with Gasteiger partial charge >= 0.3 is 0 Å². The highest BCUT2D eigenvalue weighted by atomic mass is 16.5. The van der Waals surface area contributed by atoms with E-state index >= 15 is 0 Å². The summed E-state index contributed by atoms with van der Waals surface area (Å²) >= 11 is 0. The van der Waals surface area contributed by atoms with Crippen molar-refractivity contribution in [1.82, 2.24) is 4.90 Å². The van der Waals surface area contributed by atoms with Crippen LogP contribution < -0.4 is 10.5 Å². The second-order valence-electron chi connectivity index (χ2n) is 8.36. The SMILES string of the molecule is COc1ccccc1-c1ccc(C[C@]2(C(N)=O)CCN(C(=O)C3CCC3)C2)cc1. The van der Waals surface area contributed by atoms with Gasteiger partial charge in [0, 0.05) is 24.6 Å². The summed E-state index contributed by atoms with van der Waals surface area (Å²) in [4.78, 5) is 26.9. The van der Waals surface area contributed by atoms with Crippen molar-refractivity contribution in [3.8, 4) is 16.9 Å². The Hall–Kier alpha value is -2.82. The Labute approximate surface area is 171 Å². The molecule has 1 aliphatic heterocycles. The van der Waals surface area contributed by atoms with Crippen molar-refractivity contribution in [2.24, 2.45) is 17.1 Å². The van der Waals surface area contributed by atoms with Gasteiger partial charge in [0.1, 0.15) is 5.75 Å². The lowest BCUT2D eigenvalue weighted by Crippen LogP contribution is -2.44. The maximum Gasteiger partial charge on any atom is 0.225 e. The topological polar surface area (TPSA) is 72.6 Å². The minimum atomic E-state index is -0.675. The first kappa shape index (κ1) is 19.5. The Morgan fingerprint density at radius 1 is 1.14 bits per heavy atom. The molecule has 0 aromatic heterocycles. The van der Waals surface area contributed by atoms with Crippen molar-refractivity contribution in [2.45, 2.75) is 32.1 Å². The summed E-state index contributed by atoms with van der Waals surface area (Å²) < 4.78 is 5.45. The van der Waals surface area contributed by atoms with E-state index in [-0.39, 0.29) is 17.7 Å². The van der Waals surface area contributed by atoms with Crippen LogP contribution in [0.4, 0.5) is 0 Å². The highest BCUT2D eigenvalue weighted by Crippen LogP contribution is 2.38. The molecule has 1 atom stereocenters. The molecule has 0 radical (unpaired) electrons. The first-order valence-corrected chi connectivity index (χ1v) is 10.3. The van der Waals surface area contributed by atoms with E-state index in [0.717, 1.165) is 41.7 Å². The summed E-state index contributed by atoms with van der Waals surface area (Å²) in [6.45, 7) is 1.06. The second kappa shape index (κ2) is 7.90. The van der Waals surface area contributed by atoms with Crippen LogP contribution in [0.25, 0.3) is 11.1 Å². The van der Waals surface area contributed by atoms with Gasteiger partial charge in [-0.3, -0.25) is 9.59 Å². The van der Waals surface area contributed by atoms with Gasteiger partial charge in [-0.05, 0) is 42.9 Å². The van der Waals surface area contributed by atoms with E-state index in [9.17, 15) is 9.59 Å². The van der Waals surface area contributed by atoms with Gasteiger partial charge in [-0.25, -0.2) is 0 Å². The van der Waals surface area contributed by atoms with Crippen molar-refractivity contribution in [1.29, 1.82) is 0 Å². The van der Waals surface area contributed by atoms with E-state index in [4.69, 9.17) is 10.5 Å². The maximum absolute atomic E-state index is 12.6. The molecule has 2 aromatic rings. The number of carbonyl (C=O) groups is 2. The van der Waals surface area contributed by atoms with Gasteiger partial charge < -0.3 is 15.4 Å². The lowest BCUT2D eigenvalue weighted by atomic mass is 9.79. The van der Waals surface area contributed by atoms with Crippen LogP contribution in [0.2, 0.25) is 0 Å². The van der Waals surface area contributed by atoms with E-state index in [2.05, 4.69) is 0 Å². The minimum Gasteiger partial charge on any atom is -0.496 e. The normalized spacial score (nSPS) is 21.6. The predicted molar refractivity (Wildman–Crippen MR) is 112 cm³/mol. The first-order valence-electron chi connectivity index (χ1n) is 10.3. The molecule has 152 valence electrons. The summed E-state index contributed by atoms with van der Waals surface area (Å²) in [5, 5.41) is 0. The Morgan fingerprint density at radius 2 is 1.86 bits per heavy atom. The van der Waals surface area contributed by atoms with Gasteiger partial charge in [-0.15, -0.1) is 0 Å². The molecule has 2 N–H and O–H groups in total. The molecule has 1 heterocycles. The minimum absolute atomic E-state index is 0.152. The average Bonchev–Trinajstić information content (AvgIpc) is 3.13. The molecular formula is C24H28N2O3. The Bertz CT molecular complexity index is 905. The lowest BCUT2D eigenvalue weighted by molar-refractivity contribution is -0.138. The number of nitrogens with zero attached hydrogens (tertiary/aromatic N) is 1. The number of hydrogen-bond donors (Lipinski definition) is 1. The molecule has 0 spiro atoms. The fraction of sp³-hybridized carbons (Fsp3) is 0.417. The largest absolute Gasteiger partial charge is 0.496 e. The van der Waals surface area contributed by atoms with Crippen LogP contribution in [0.15, 0.2) is 48.5 Å². The quantitative estimate of drug-likeness (QED) is 0.819. The number of para-hydroxylation sites is 1. The van der Waals surface area contributed by atoms with Gasteiger partial charge in [0.05, 0.1) is 12.5 Å². The number of ether oxygens (including phenoxy) is 1. The van der Waals surface area contributed by atoms with Crippen LogP contribution in [0.1, 0.15) is 31.2 Å². The molecule has 5 nitrogen and oxygen atoms in total. The van der Waals surface area contributed by atoms with Crippen LogP contribution in [0.3, 0.4) is 0 Å².